The van der Waals surface area contributed by atoms with Crippen LogP contribution in [0.25, 0.3) is 0 Å². The van der Waals surface area contributed by atoms with Crippen molar-refractivity contribution in [1.82, 2.24) is 0 Å². The second-order valence-electron chi connectivity index (χ2n) is 24.2. The molecule has 0 radical (unpaired) electrons. The molecule has 0 amide bonds. The average molecular weight is 1170 g/mol. The third-order valence-electron chi connectivity index (χ3n) is 14.9. The number of nitrogens with zero attached hydrogens (tertiary/aromatic N) is 1. The smallest absolute Gasteiger partial charge is 0.462 e. The molecule has 0 saturated heterocycles. The molecule has 0 saturated carbocycles. The van der Waals surface area contributed by atoms with Crippen molar-refractivity contribution in [3.05, 3.63) is 85.1 Å². The summed E-state index contributed by atoms with van der Waals surface area (Å²) in [6.07, 6.45) is 85.4. The molecular formula is C72H131NO8P+. The lowest BCUT2D eigenvalue weighted by Gasteiger charge is -2.24. The maximum atomic E-state index is 12.9. The Labute approximate surface area is 507 Å². The number of phosphoric ester groups is 1. The summed E-state index contributed by atoms with van der Waals surface area (Å²) in [5.74, 6) is -0.799. The van der Waals surface area contributed by atoms with E-state index in [9.17, 15) is 19.0 Å². The number of allylic oxidation sites excluding steroid dienone is 14. The first-order chi connectivity index (χ1) is 40.0. The number of hydrogen-bond donors (Lipinski definition) is 1. The van der Waals surface area contributed by atoms with Gasteiger partial charge in [-0.1, -0.05) is 292 Å². The largest absolute Gasteiger partial charge is 0.472 e. The first kappa shape index (κ1) is 79.2. The van der Waals surface area contributed by atoms with Crippen molar-refractivity contribution in [3.8, 4) is 0 Å². The van der Waals surface area contributed by atoms with Gasteiger partial charge in [-0.2, -0.15) is 0 Å². The van der Waals surface area contributed by atoms with Gasteiger partial charge >= 0.3 is 19.8 Å². The molecular weight excluding hydrogens is 1040 g/mol. The van der Waals surface area contributed by atoms with Gasteiger partial charge in [0.15, 0.2) is 6.10 Å². The van der Waals surface area contributed by atoms with Crippen LogP contribution in [0.15, 0.2) is 85.1 Å². The summed E-state index contributed by atoms with van der Waals surface area (Å²) in [5.41, 5.74) is 0. The van der Waals surface area contributed by atoms with E-state index in [0.29, 0.717) is 17.4 Å². The van der Waals surface area contributed by atoms with Crippen molar-refractivity contribution >= 4 is 19.8 Å². The molecule has 476 valence electrons. The molecule has 1 N–H and O–H groups in total. The molecule has 0 bridgehead atoms. The maximum Gasteiger partial charge on any atom is 0.472 e. The number of esters is 2. The van der Waals surface area contributed by atoms with Crippen LogP contribution in [0.2, 0.25) is 0 Å². The molecule has 0 aromatic rings. The molecule has 10 heteroatoms. The monoisotopic (exact) mass is 1170 g/mol. The van der Waals surface area contributed by atoms with Crippen LogP contribution in [-0.4, -0.2) is 74.9 Å². The van der Waals surface area contributed by atoms with Crippen LogP contribution < -0.4 is 0 Å². The van der Waals surface area contributed by atoms with E-state index in [1.54, 1.807) is 0 Å². The van der Waals surface area contributed by atoms with Crippen LogP contribution in [-0.2, 0) is 32.7 Å². The van der Waals surface area contributed by atoms with E-state index in [2.05, 4.69) is 98.9 Å². The Kier molecular flexibility index (Phi) is 60.6. The molecule has 0 spiro atoms. The molecule has 0 aliphatic carbocycles. The van der Waals surface area contributed by atoms with Crippen molar-refractivity contribution in [1.29, 1.82) is 0 Å². The molecule has 0 aromatic carbocycles. The van der Waals surface area contributed by atoms with E-state index >= 15 is 0 Å². The lowest BCUT2D eigenvalue weighted by molar-refractivity contribution is -0.870. The number of hydrogen-bond acceptors (Lipinski definition) is 7. The number of quaternary nitrogens is 1. The number of ether oxygens (including phenoxy) is 2. The predicted molar refractivity (Wildman–Crippen MR) is 353 cm³/mol. The highest BCUT2D eigenvalue weighted by atomic mass is 31.2. The van der Waals surface area contributed by atoms with Gasteiger partial charge in [-0.25, -0.2) is 4.57 Å². The van der Waals surface area contributed by atoms with E-state index in [1.807, 2.05) is 21.1 Å². The highest BCUT2D eigenvalue weighted by Crippen LogP contribution is 2.43. The molecule has 82 heavy (non-hydrogen) atoms. The summed E-state index contributed by atoms with van der Waals surface area (Å²) >= 11 is 0. The minimum absolute atomic E-state index is 0.0275. The van der Waals surface area contributed by atoms with Gasteiger partial charge in [0, 0.05) is 12.8 Å². The van der Waals surface area contributed by atoms with E-state index in [4.69, 9.17) is 18.5 Å². The Morgan fingerprint density at radius 2 is 0.695 bits per heavy atom. The van der Waals surface area contributed by atoms with Crippen molar-refractivity contribution in [3.63, 3.8) is 0 Å². The normalized spacial score (nSPS) is 13.7. The Morgan fingerprint density at radius 1 is 0.390 bits per heavy atom. The summed E-state index contributed by atoms with van der Waals surface area (Å²) in [6.45, 7) is 4.34. The van der Waals surface area contributed by atoms with Gasteiger partial charge < -0.3 is 18.9 Å². The van der Waals surface area contributed by atoms with E-state index < -0.39 is 26.5 Å². The SMILES string of the molecule is CC/C=C\C/C=C\C/C=C\C/C=C\C/C=C\C/C=C\CCCCCCCCCCC(=O)OC(COC(=O)CCCCCCCCCCCCCCCCCCCCC/C=C\CCCCCCCCCC)COP(=O)(O)OCC[N+](C)(C)C. The molecule has 9 nitrogen and oxygen atoms in total. The van der Waals surface area contributed by atoms with Gasteiger partial charge in [-0.3, -0.25) is 18.6 Å². The zero-order valence-electron chi connectivity index (χ0n) is 54.2. The molecule has 0 aliphatic rings. The van der Waals surface area contributed by atoms with Gasteiger partial charge in [0.25, 0.3) is 0 Å². The Balaban J connectivity index is 4.06. The van der Waals surface area contributed by atoms with Crippen molar-refractivity contribution in [2.75, 3.05) is 47.5 Å². The summed E-state index contributed by atoms with van der Waals surface area (Å²) in [5, 5.41) is 0. The quantitative estimate of drug-likeness (QED) is 0.0211. The van der Waals surface area contributed by atoms with Crippen LogP contribution in [0, 0.1) is 0 Å². The Morgan fingerprint density at radius 3 is 1.05 bits per heavy atom. The molecule has 2 atom stereocenters. The Bertz CT molecular complexity index is 1660. The van der Waals surface area contributed by atoms with Crippen LogP contribution in [0.5, 0.6) is 0 Å². The lowest BCUT2D eigenvalue weighted by atomic mass is 10.0. The van der Waals surface area contributed by atoms with Crippen molar-refractivity contribution in [2.45, 2.75) is 315 Å². The minimum atomic E-state index is -4.40. The molecule has 0 heterocycles. The van der Waals surface area contributed by atoms with Crippen LogP contribution in [0.3, 0.4) is 0 Å². The fourth-order valence-corrected chi connectivity index (χ4v) is 10.4. The first-order valence-corrected chi connectivity index (χ1v) is 35.8. The molecule has 0 aliphatic heterocycles. The number of rotatable bonds is 63. The average Bonchev–Trinajstić information content (AvgIpc) is 3.46. The second-order valence-corrected chi connectivity index (χ2v) is 25.6. The predicted octanol–water partition coefficient (Wildman–Crippen LogP) is 22.2. The number of carbonyl (C=O) groups excluding carboxylic acids is 2. The van der Waals surface area contributed by atoms with Crippen molar-refractivity contribution in [2.24, 2.45) is 0 Å². The molecule has 0 aromatic heterocycles. The molecule has 0 fully saturated rings. The maximum absolute atomic E-state index is 12.9. The number of carbonyl (C=O) groups is 2. The van der Waals surface area contributed by atoms with Gasteiger partial charge in [-0.05, 0) is 89.9 Å². The number of phosphoric acid groups is 1. The molecule has 2 unspecified atom stereocenters. The highest BCUT2D eigenvalue weighted by Gasteiger charge is 2.27. The van der Waals surface area contributed by atoms with Crippen LogP contribution in [0.1, 0.15) is 309 Å². The number of likely N-dealkylation sites (N-methyl/N-ethyl adjacent to an activating group) is 1. The molecule has 0 rings (SSSR count). The second kappa shape index (κ2) is 62.7. The third-order valence-corrected chi connectivity index (χ3v) is 15.9. The van der Waals surface area contributed by atoms with Gasteiger partial charge in [0.05, 0.1) is 27.7 Å². The number of unbranched alkanes of at least 4 members (excludes halogenated alkanes) is 35. The standard InChI is InChI=1S/C72H130NO8P/c1-6-8-10-12-14-16-18-20-22-24-26-28-30-32-34-35-36-37-39-40-42-44-46-48-50-52-54-56-58-60-62-64-71(74)78-68-70(69-80-82(76,77)79-67-66-73(3,4)5)81-72(75)65-63-61-59-57-55-53-51-49-47-45-43-41-38-33-31-29-27-25-23-21-19-17-15-13-11-9-7-2/h9,11,15,17,21,23-24,26-27,29,33,38,43,45,70H,6-8,10,12-14,16,18-20,22,25,28,30-32,34-37,39-42,44,46-69H2,1-5H3/p+1/b11-9-,17-15-,23-21-,26-24-,29-27-,38-33-,45-43-. The van der Waals surface area contributed by atoms with Gasteiger partial charge in [0.1, 0.15) is 19.8 Å². The highest BCUT2D eigenvalue weighted by molar-refractivity contribution is 7.47. The zero-order valence-corrected chi connectivity index (χ0v) is 55.1. The zero-order chi connectivity index (χ0) is 59.8. The first-order valence-electron chi connectivity index (χ1n) is 34.3. The summed E-state index contributed by atoms with van der Waals surface area (Å²) < 4.78 is 34.7. The lowest BCUT2D eigenvalue weighted by Crippen LogP contribution is -2.37. The topological polar surface area (TPSA) is 108 Å². The fraction of sp³-hybridized carbons (Fsp3) is 0.778. The summed E-state index contributed by atoms with van der Waals surface area (Å²) in [4.78, 5) is 35.9. The van der Waals surface area contributed by atoms with Crippen LogP contribution >= 0.6 is 7.82 Å². The van der Waals surface area contributed by atoms with Crippen LogP contribution in [0.4, 0.5) is 0 Å². The van der Waals surface area contributed by atoms with E-state index in [1.165, 1.54) is 193 Å². The minimum Gasteiger partial charge on any atom is -0.462 e. The van der Waals surface area contributed by atoms with E-state index in [-0.39, 0.29) is 32.0 Å². The van der Waals surface area contributed by atoms with Gasteiger partial charge in [0.2, 0.25) is 0 Å². The summed E-state index contributed by atoms with van der Waals surface area (Å²) in [7, 11) is 1.47. The van der Waals surface area contributed by atoms with E-state index in [0.717, 1.165) is 83.5 Å². The Hall–Kier alpha value is -2.81. The fourth-order valence-electron chi connectivity index (χ4n) is 9.66. The van der Waals surface area contributed by atoms with Crippen molar-refractivity contribution < 1.29 is 42.1 Å². The third kappa shape index (κ3) is 66.3. The summed E-state index contributed by atoms with van der Waals surface area (Å²) in [6, 6.07) is 0. The van der Waals surface area contributed by atoms with Gasteiger partial charge in [-0.15, -0.1) is 0 Å².